The first-order valence-electron chi connectivity index (χ1n) is 10.7. The Balaban J connectivity index is 1.63. The molecule has 0 bridgehead atoms. The molecule has 0 radical (unpaired) electrons. The van der Waals surface area contributed by atoms with Crippen LogP contribution in [-0.2, 0) is 16.1 Å². The summed E-state index contributed by atoms with van der Waals surface area (Å²) in [6.45, 7) is 2.60. The summed E-state index contributed by atoms with van der Waals surface area (Å²) in [5.74, 6) is -1.88. The van der Waals surface area contributed by atoms with E-state index >= 15 is 0 Å². The number of anilines is 1. The molecule has 7 heteroatoms. The summed E-state index contributed by atoms with van der Waals surface area (Å²) in [5, 5.41) is 3.29. The van der Waals surface area contributed by atoms with E-state index in [1.54, 1.807) is 12.1 Å². The van der Waals surface area contributed by atoms with Crippen LogP contribution >= 0.6 is 12.2 Å². The van der Waals surface area contributed by atoms with Gasteiger partial charge in [-0.1, -0.05) is 60.7 Å². The number of benzene rings is 3. The molecule has 0 unspecified atom stereocenters. The van der Waals surface area contributed by atoms with Crippen LogP contribution in [0.15, 0.2) is 84.4 Å². The molecule has 1 aromatic heterocycles. The van der Waals surface area contributed by atoms with Crippen LogP contribution in [0, 0.1) is 12.7 Å². The van der Waals surface area contributed by atoms with Crippen LogP contribution in [0.4, 0.5) is 10.1 Å². The average Bonchev–Trinajstić information content (AvgIpc) is 3.09. The number of halogens is 1. The second-order valence-electron chi connectivity index (χ2n) is 8.00. The fourth-order valence-electron chi connectivity index (χ4n) is 4.26. The van der Waals surface area contributed by atoms with E-state index in [1.807, 2.05) is 49.4 Å². The molecule has 2 heterocycles. The highest BCUT2D eigenvalue weighted by atomic mass is 32.1. The molecule has 0 atom stereocenters. The van der Waals surface area contributed by atoms with Crippen molar-refractivity contribution in [1.29, 1.82) is 0 Å². The van der Waals surface area contributed by atoms with Crippen molar-refractivity contribution in [3.05, 3.63) is 107 Å². The summed E-state index contributed by atoms with van der Waals surface area (Å²) in [4.78, 5) is 27.2. The van der Waals surface area contributed by atoms with Gasteiger partial charge in [0.1, 0.15) is 11.4 Å². The second kappa shape index (κ2) is 8.68. The number of nitrogens with one attached hydrogen (secondary N) is 1. The van der Waals surface area contributed by atoms with Gasteiger partial charge in [0.2, 0.25) is 0 Å². The van der Waals surface area contributed by atoms with E-state index in [9.17, 15) is 14.0 Å². The third-order valence-electron chi connectivity index (χ3n) is 5.95. The Labute approximate surface area is 201 Å². The largest absolute Gasteiger partial charge is 0.340 e. The highest BCUT2D eigenvalue weighted by molar-refractivity contribution is 7.80. The Morgan fingerprint density at radius 3 is 2.38 bits per heavy atom. The summed E-state index contributed by atoms with van der Waals surface area (Å²) in [7, 11) is 0. The molecule has 5 rings (SSSR count). The SMILES string of the molecule is Cc1c(/C=C2/C(=O)NC(=S)N(c3ccccc3F)C2=O)c2ccccc2n1Cc1ccccc1. The summed E-state index contributed by atoms with van der Waals surface area (Å²) >= 11 is 5.20. The molecule has 3 aromatic carbocycles. The Kier molecular flexibility index (Phi) is 5.55. The third kappa shape index (κ3) is 3.70. The molecule has 34 heavy (non-hydrogen) atoms. The van der Waals surface area contributed by atoms with E-state index in [4.69, 9.17) is 12.2 Å². The van der Waals surface area contributed by atoms with Crippen molar-refractivity contribution in [1.82, 2.24) is 9.88 Å². The van der Waals surface area contributed by atoms with Gasteiger partial charge >= 0.3 is 0 Å². The van der Waals surface area contributed by atoms with Crippen LogP contribution in [0.1, 0.15) is 16.8 Å². The van der Waals surface area contributed by atoms with E-state index in [0.29, 0.717) is 6.54 Å². The first-order valence-corrected chi connectivity index (χ1v) is 11.1. The maximum absolute atomic E-state index is 14.5. The molecule has 4 aromatic rings. The lowest BCUT2D eigenvalue weighted by Gasteiger charge is -2.29. The number of carbonyl (C=O) groups excluding carboxylic acids is 2. The van der Waals surface area contributed by atoms with Crippen molar-refractivity contribution in [3.63, 3.8) is 0 Å². The third-order valence-corrected chi connectivity index (χ3v) is 6.23. The molecule has 5 nitrogen and oxygen atoms in total. The minimum Gasteiger partial charge on any atom is -0.340 e. The number of fused-ring (bicyclic) bond motifs is 1. The zero-order chi connectivity index (χ0) is 23.8. The summed E-state index contributed by atoms with van der Waals surface area (Å²) in [6, 6.07) is 23.7. The van der Waals surface area contributed by atoms with Gasteiger partial charge < -0.3 is 4.57 Å². The number of para-hydroxylation sites is 2. The maximum Gasteiger partial charge on any atom is 0.270 e. The number of aromatic nitrogens is 1. The molecular weight excluding hydrogens is 449 g/mol. The van der Waals surface area contributed by atoms with Crippen LogP contribution in [0.5, 0.6) is 0 Å². The number of hydrogen-bond donors (Lipinski definition) is 1. The molecule has 2 amide bonds. The fourth-order valence-corrected chi connectivity index (χ4v) is 4.54. The second-order valence-corrected chi connectivity index (χ2v) is 8.38. The zero-order valence-electron chi connectivity index (χ0n) is 18.3. The van der Waals surface area contributed by atoms with Gasteiger partial charge in [-0.05, 0) is 49.0 Å². The number of amides is 2. The van der Waals surface area contributed by atoms with Gasteiger partial charge in [0.05, 0.1) is 5.69 Å². The highest BCUT2D eigenvalue weighted by Gasteiger charge is 2.36. The first kappa shape index (κ1) is 21.7. The average molecular weight is 470 g/mol. The summed E-state index contributed by atoms with van der Waals surface area (Å²) in [5.41, 5.74) is 3.67. The van der Waals surface area contributed by atoms with Gasteiger partial charge in [-0.25, -0.2) is 9.29 Å². The van der Waals surface area contributed by atoms with Gasteiger partial charge in [0.15, 0.2) is 5.11 Å². The predicted octanol–water partition coefficient (Wildman–Crippen LogP) is 4.97. The standard InChI is InChI=1S/C27H20FN3O2S/c1-17-20(19-11-5-7-13-23(19)30(17)16-18-9-3-2-4-10-18)15-21-25(32)29-27(34)31(26(21)33)24-14-8-6-12-22(24)28/h2-15H,16H2,1H3,(H,29,32,34)/b21-15-. The molecule has 1 saturated heterocycles. The normalized spacial score (nSPS) is 15.3. The minimum atomic E-state index is -0.668. The molecule has 0 aliphatic carbocycles. The van der Waals surface area contributed by atoms with Gasteiger partial charge in [0, 0.05) is 28.7 Å². The number of rotatable bonds is 4. The van der Waals surface area contributed by atoms with Gasteiger partial charge in [-0.15, -0.1) is 0 Å². The maximum atomic E-state index is 14.5. The van der Waals surface area contributed by atoms with Crippen molar-refractivity contribution in [2.24, 2.45) is 0 Å². The highest BCUT2D eigenvalue weighted by Crippen LogP contribution is 2.31. The van der Waals surface area contributed by atoms with Crippen molar-refractivity contribution >= 4 is 51.8 Å². The number of hydrogen-bond acceptors (Lipinski definition) is 3. The summed E-state index contributed by atoms with van der Waals surface area (Å²) < 4.78 is 16.6. The monoisotopic (exact) mass is 469 g/mol. The fraction of sp³-hybridized carbons (Fsp3) is 0.0741. The Bertz CT molecular complexity index is 1490. The van der Waals surface area contributed by atoms with Crippen LogP contribution in [-0.4, -0.2) is 21.5 Å². The van der Waals surface area contributed by atoms with E-state index in [2.05, 4.69) is 22.0 Å². The van der Waals surface area contributed by atoms with Crippen LogP contribution in [0.2, 0.25) is 0 Å². The zero-order valence-corrected chi connectivity index (χ0v) is 19.1. The Morgan fingerprint density at radius 1 is 0.941 bits per heavy atom. The van der Waals surface area contributed by atoms with Gasteiger partial charge in [-0.3, -0.25) is 14.9 Å². The summed E-state index contributed by atoms with van der Waals surface area (Å²) in [6.07, 6.45) is 1.58. The lowest BCUT2D eigenvalue weighted by molar-refractivity contribution is -0.122. The molecule has 168 valence electrons. The molecule has 1 aliphatic heterocycles. The molecule has 1 aliphatic rings. The molecular formula is C27H20FN3O2S. The number of nitrogens with zero attached hydrogens (tertiary/aromatic N) is 2. The lowest BCUT2D eigenvalue weighted by Crippen LogP contribution is -2.54. The van der Waals surface area contributed by atoms with Gasteiger partial charge in [0.25, 0.3) is 11.8 Å². The van der Waals surface area contributed by atoms with Crippen LogP contribution in [0.3, 0.4) is 0 Å². The Morgan fingerprint density at radius 2 is 1.62 bits per heavy atom. The van der Waals surface area contributed by atoms with Crippen molar-refractivity contribution in [2.45, 2.75) is 13.5 Å². The lowest BCUT2D eigenvalue weighted by atomic mass is 10.0. The smallest absolute Gasteiger partial charge is 0.270 e. The first-order chi connectivity index (χ1) is 16.5. The number of thiocarbonyl (C=S) groups is 1. The molecule has 0 saturated carbocycles. The van der Waals surface area contributed by atoms with E-state index in [-0.39, 0.29) is 16.4 Å². The van der Waals surface area contributed by atoms with Gasteiger partial charge in [-0.2, -0.15) is 0 Å². The van der Waals surface area contributed by atoms with E-state index in [1.165, 1.54) is 18.2 Å². The molecule has 1 fully saturated rings. The van der Waals surface area contributed by atoms with Crippen LogP contribution < -0.4 is 10.2 Å². The quantitative estimate of drug-likeness (QED) is 0.261. The minimum absolute atomic E-state index is 0.00775. The van der Waals surface area contributed by atoms with Crippen LogP contribution in [0.25, 0.3) is 17.0 Å². The van der Waals surface area contributed by atoms with Crippen molar-refractivity contribution in [3.8, 4) is 0 Å². The van der Waals surface area contributed by atoms with E-state index in [0.717, 1.165) is 32.6 Å². The van der Waals surface area contributed by atoms with Crippen molar-refractivity contribution in [2.75, 3.05) is 4.90 Å². The number of carbonyl (C=O) groups is 2. The predicted molar refractivity (Wildman–Crippen MR) is 135 cm³/mol. The Hall–Kier alpha value is -4.10. The van der Waals surface area contributed by atoms with E-state index < -0.39 is 17.6 Å². The molecule has 0 spiro atoms. The van der Waals surface area contributed by atoms with Crippen molar-refractivity contribution < 1.29 is 14.0 Å². The molecule has 1 N–H and O–H groups in total. The topological polar surface area (TPSA) is 54.3 Å².